The molecule has 1 aromatic carbocycles. The molecule has 0 fully saturated rings. The molecule has 5 heteroatoms. The van der Waals surface area contributed by atoms with Crippen LogP contribution < -0.4 is 16.5 Å². The van der Waals surface area contributed by atoms with Crippen molar-refractivity contribution in [3.8, 4) is 5.75 Å². The lowest BCUT2D eigenvalue weighted by Gasteiger charge is -2.01. The van der Waals surface area contributed by atoms with Crippen LogP contribution in [-0.2, 0) is 0 Å². The summed E-state index contributed by atoms with van der Waals surface area (Å²) in [5.74, 6) is 0.780. The zero-order valence-electron chi connectivity index (χ0n) is 6.20. The Morgan fingerprint density at radius 2 is 2.08 bits per heavy atom. The van der Waals surface area contributed by atoms with Crippen molar-refractivity contribution in [3.63, 3.8) is 0 Å². The zero-order valence-corrected chi connectivity index (χ0v) is 6.20. The quantitative estimate of drug-likeness (QED) is 0.458. The van der Waals surface area contributed by atoms with Gasteiger partial charge in [0.15, 0.2) is 5.84 Å². The van der Waals surface area contributed by atoms with E-state index in [9.17, 15) is 5.11 Å². The molecule has 0 aliphatic carbocycles. The van der Waals surface area contributed by atoms with Crippen molar-refractivity contribution < 1.29 is 5.11 Å². The summed E-state index contributed by atoms with van der Waals surface area (Å²) >= 11 is 0. The minimum Gasteiger partial charge on any atom is -0.507 e. The van der Waals surface area contributed by atoms with Crippen LogP contribution in [0.4, 0.5) is 0 Å². The first-order valence-corrected chi connectivity index (χ1v) is 3.50. The first kappa shape index (κ1) is 6.93. The number of benzene rings is 1. The average Bonchev–Trinajstić information content (AvgIpc) is 2.57. The highest BCUT2D eigenvalue weighted by Gasteiger charge is 2.10. The Hall–Kier alpha value is -1.75. The van der Waals surface area contributed by atoms with Crippen LogP contribution in [0.5, 0.6) is 5.75 Å². The average molecular weight is 164 g/mol. The fourth-order valence-electron chi connectivity index (χ4n) is 1.00. The van der Waals surface area contributed by atoms with E-state index in [-0.39, 0.29) is 5.75 Å². The fraction of sp³-hybridized carbons (Fsp3) is 0. The van der Waals surface area contributed by atoms with Crippen molar-refractivity contribution in [1.82, 2.24) is 16.5 Å². The summed E-state index contributed by atoms with van der Waals surface area (Å²) in [6.45, 7) is 0. The highest BCUT2D eigenvalue weighted by atomic mass is 16.3. The van der Waals surface area contributed by atoms with Gasteiger partial charge in [-0.05, 0) is 12.1 Å². The Balaban J connectivity index is 2.39. The first-order valence-electron chi connectivity index (χ1n) is 3.50. The number of aromatic hydroxyl groups is 1. The molecule has 1 aromatic rings. The summed E-state index contributed by atoms with van der Waals surface area (Å²) in [5.41, 5.74) is 8.50. The van der Waals surface area contributed by atoms with Gasteiger partial charge in [-0.2, -0.15) is 0 Å². The summed E-state index contributed by atoms with van der Waals surface area (Å²) in [5, 5.41) is 13.2. The van der Waals surface area contributed by atoms with Crippen LogP contribution in [0.15, 0.2) is 29.4 Å². The molecule has 0 saturated carbocycles. The van der Waals surface area contributed by atoms with Gasteiger partial charge in [0.05, 0.1) is 5.56 Å². The molecule has 0 radical (unpaired) electrons. The molecular formula is C7H8N4O. The topological polar surface area (TPSA) is 68.7 Å². The molecule has 0 amide bonds. The Morgan fingerprint density at radius 1 is 1.25 bits per heavy atom. The molecule has 0 unspecified atom stereocenters. The number of hydrogen-bond acceptors (Lipinski definition) is 5. The molecule has 0 saturated heterocycles. The number of phenolic OH excluding ortho intramolecular Hbond substituents is 1. The second-order valence-electron chi connectivity index (χ2n) is 2.34. The van der Waals surface area contributed by atoms with Crippen LogP contribution >= 0.6 is 0 Å². The maximum atomic E-state index is 9.39. The van der Waals surface area contributed by atoms with E-state index in [2.05, 4.69) is 21.6 Å². The van der Waals surface area contributed by atoms with E-state index in [0.717, 1.165) is 0 Å². The van der Waals surface area contributed by atoms with Gasteiger partial charge in [-0.25, -0.2) is 5.53 Å². The van der Waals surface area contributed by atoms with E-state index in [0.29, 0.717) is 11.4 Å². The van der Waals surface area contributed by atoms with Crippen LogP contribution in [0.25, 0.3) is 0 Å². The summed E-state index contributed by atoms with van der Waals surface area (Å²) < 4.78 is 0. The van der Waals surface area contributed by atoms with Gasteiger partial charge in [0, 0.05) is 0 Å². The van der Waals surface area contributed by atoms with E-state index in [4.69, 9.17) is 0 Å². The van der Waals surface area contributed by atoms with E-state index in [1.807, 2.05) is 6.07 Å². The lowest BCUT2D eigenvalue weighted by atomic mass is 10.2. The molecule has 5 nitrogen and oxygen atoms in total. The molecule has 12 heavy (non-hydrogen) atoms. The number of hydrazone groups is 1. The number of hydrogen-bond donors (Lipinski definition) is 4. The standard InChI is InChI=1S/C7H8N4O/c12-6-4-2-1-3-5(6)7-8-10-11-9-7/h1-4,10-12H,(H,8,9). The van der Waals surface area contributed by atoms with Gasteiger partial charge in [-0.3, -0.25) is 5.43 Å². The third-order valence-electron chi connectivity index (χ3n) is 1.56. The van der Waals surface area contributed by atoms with Crippen molar-refractivity contribution in [3.05, 3.63) is 29.8 Å². The monoisotopic (exact) mass is 164 g/mol. The van der Waals surface area contributed by atoms with Crippen molar-refractivity contribution in [2.24, 2.45) is 5.10 Å². The summed E-state index contributed by atoms with van der Waals surface area (Å²) in [4.78, 5) is 0. The van der Waals surface area contributed by atoms with Gasteiger partial charge in [-0.1, -0.05) is 12.1 Å². The molecule has 0 aromatic heterocycles. The van der Waals surface area contributed by atoms with E-state index in [1.54, 1.807) is 18.2 Å². The number of para-hydroxylation sites is 1. The number of nitrogens with zero attached hydrogens (tertiary/aromatic N) is 1. The lowest BCUT2D eigenvalue weighted by Crippen LogP contribution is -2.35. The van der Waals surface area contributed by atoms with Crippen LogP contribution in [0.2, 0.25) is 0 Å². The molecule has 2 rings (SSSR count). The summed E-state index contributed by atoms with van der Waals surface area (Å²) in [7, 11) is 0. The van der Waals surface area contributed by atoms with Crippen LogP contribution in [0.3, 0.4) is 0 Å². The van der Waals surface area contributed by atoms with Gasteiger partial charge < -0.3 is 5.11 Å². The maximum absolute atomic E-state index is 9.39. The van der Waals surface area contributed by atoms with Gasteiger partial charge in [0.1, 0.15) is 5.75 Å². The SMILES string of the molecule is Oc1ccccc1C1=NNNN1. The Bertz CT molecular complexity index is 323. The number of phenols is 1. The molecule has 0 spiro atoms. The largest absolute Gasteiger partial charge is 0.507 e. The molecule has 0 atom stereocenters. The number of hydrazine groups is 2. The lowest BCUT2D eigenvalue weighted by molar-refractivity contribution is 0.474. The minimum absolute atomic E-state index is 0.203. The van der Waals surface area contributed by atoms with Crippen molar-refractivity contribution in [1.29, 1.82) is 0 Å². The first-order chi connectivity index (χ1) is 5.88. The van der Waals surface area contributed by atoms with Crippen LogP contribution in [0, 0.1) is 0 Å². The highest BCUT2D eigenvalue weighted by Crippen LogP contribution is 2.15. The third kappa shape index (κ3) is 1.06. The van der Waals surface area contributed by atoms with Crippen LogP contribution in [0.1, 0.15) is 5.56 Å². The van der Waals surface area contributed by atoms with Crippen molar-refractivity contribution >= 4 is 5.84 Å². The third-order valence-corrected chi connectivity index (χ3v) is 1.56. The zero-order chi connectivity index (χ0) is 8.39. The summed E-state index contributed by atoms with van der Waals surface area (Å²) in [6, 6.07) is 6.97. The second kappa shape index (κ2) is 2.71. The molecule has 1 heterocycles. The highest BCUT2D eigenvalue weighted by molar-refractivity contribution is 6.01. The number of nitrogens with one attached hydrogen (secondary N) is 3. The Kier molecular flexibility index (Phi) is 1.56. The predicted octanol–water partition coefficient (Wildman–Crippen LogP) is -0.334. The number of rotatable bonds is 1. The van der Waals surface area contributed by atoms with Gasteiger partial charge in [-0.15, -0.1) is 10.6 Å². The van der Waals surface area contributed by atoms with Crippen molar-refractivity contribution in [2.75, 3.05) is 0 Å². The molecule has 4 N–H and O–H groups in total. The molecule has 62 valence electrons. The minimum atomic E-state index is 0.203. The Morgan fingerprint density at radius 3 is 2.75 bits per heavy atom. The molecule has 0 bridgehead atoms. The van der Waals surface area contributed by atoms with E-state index in [1.165, 1.54) is 0 Å². The fourth-order valence-corrected chi connectivity index (χ4v) is 1.00. The van der Waals surface area contributed by atoms with Gasteiger partial charge in [0.25, 0.3) is 0 Å². The van der Waals surface area contributed by atoms with Crippen LogP contribution in [-0.4, -0.2) is 10.9 Å². The maximum Gasteiger partial charge on any atom is 0.174 e. The van der Waals surface area contributed by atoms with E-state index < -0.39 is 0 Å². The van der Waals surface area contributed by atoms with Gasteiger partial charge >= 0.3 is 0 Å². The van der Waals surface area contributed by atoms with E-state index >= 15 is 0 Å². The smallest absolute Gasteiger partial charge is 0.174 e. The van der Waals surface area contributed by atoms with Crippen molar-refractivity contribution in [2.45, 2.75) is 0 Å². The summed E-state index contributed by atoms with van der Waals surface area (Å²) in [6.07, 6.45) is 0. The molecule has 1 aliphatic rings. The molecule has 1 aliphatic heterocycles. The number of amidine groups is 1. The second-order valence-corrected chi connectivity index (χ2v) is 2.34. The Labute approximate surface area is 69.0 Å². The normalized spacial score (nSPS) is 14.8. The molecular weight excluding hydrogens is 156 g/mol. The predicted molar refractivity (Wildman–Crippen MR) is 44.1 cm³/mol. The van der Waals surface area contributed by atoms with Gasteiger partial charge in [0.2, 0.25) is 0 Å².